The lowest BCUT2D eigenvalue weighted by molar-refractivity contribution is -0.128. The minimum Gasteiger partial charge on any atom is -0.481 e. The number of hydrogen-bond donors (Lipinski definition) is 2. The van der Waals surface area contributed by atoms with Gasteiger partial charge < -0.3 is 25.6 Å². The summed E-state index contributed by atoms with van der Waals surface area (Å²) in [6, 6.07) is 10.6. The highest BCUT2D eigenvalue weighted by Crippen LogP contribution is 2.33. The number of nitrogens with two attached hydrogens (primary N) is 1. The van der Waals surface area contributed by atoms with Gasteiger partial charge in [-0.1, -0.05) is 0 Å². The molecule has 4 rings (SSSR count). The molecule has 0 saturated heterocycles. The number of ether oxygens (including phenoxy) is 1. The number of nitrogens with zero attached hydrogens (tertiary/aromatic N) is 5. The fourth-order valence-corrected chi connectivity index (χ4v) is 4.42. The summed E-state index contributed by atoms with van der Waals surface area (Å²) in [4.78, 5) is 29.5. The molecule has 0 aliphatic heterocycles. The highest BCUT2D eigenvalue weighted by atomic mass is 19.1. The Balaban J connectivity index is 1.71. The first-order chi connectivity index (χ1) is 18.5. The zero-order valence-corrected chi connectivity index (χ0v) is 23.3. The molecule has 2 aromatic carbocycles. The molecule has 9 nitrogen and oxygen atoms in total. The number of hydrogen-bond acceptors (Lipinski definition) is 8. The number of benzene rings is 2. The van der Waals surface area contributed by atoms with E-state index in [1.807, 2.05) is 50.1 Å². The molecule has 3 N–H and O–H groups in total. The summed E-state index contributed by atoms with van der Waals surface area (Å²) in [7, 11) is 6.88. The van der Waals surface area contributed by atoms with Crippen molar-refractivity contribution in [3.8, 4) is 5.88 Å². The Morgan fingerprint density at radius 2 is 1.85 bits per heavy atom. The number of nitrogens with one attached hydrogen (secondary N) is 1. The zero-order chi connectivity index (χ0) is 28.4. The lowest BCUT2D eigenvalue weighted by Gasteiger charge is -2.22. The Morgan fingerprint density at radius 3 is 2.54 bits per heavy atom. The quantitative estimate of drug-likeness (QED) is 0.308. The SMILES string of the molecule is COc1ncc(N(C)c2ccc3nc(C)nc(N[C@H](C)c4cc(N)cc(C)c4F)c3c2)cc1CC(=O)N(C)C. The van der Waals surface area contributed by atoms with Crippen molar-refractivity contribution in [3.63, 3.8) is 0 Å². The summed E-state index contributed by atoms with van der Waals surface area (Å²) < 4.78 is 20.3. The summed E-state index contributed by atoms with van der Waals surface area (Å²) in [5.41, 5.74) is 10.5. The van der Waals surface area contributed by atoms with E-state index in [4.69, 9.17) is 10.5 Å². The van der Waals surface area contributed by atoms with Crippen molar-refractivity contribution in [2.45, 2.75) is 33.2 Å². The molecule has 0 spiro atoms. The minimum absolute atomic E-state index is 0.0511. The number of rotatable bonds is 8. The maximum absolute atomic E-state index is 14.9. The van der Waals surface area contributed by atoms with Gasteiger partial charge in [0.15, 0.2) is 0 Å². The number of likely N-dealkylation sites (N-methyl/N-ethyl adjacent to an activating group) is 1. The summed E-state index contributed by atoms with van der Waals surface area (Å²) in [6.07, 6.45) is 1.87. The van der Waals surface area contributed by atoms with Gasteiger partial charge in [0.05, 0.1) is 37.0 Å². The van der Waals surface area contributed by atoms with Crippen molar-refractivity contribution in [1.82, 2.24) is 19.9 Å². The number of aromatic nitrogens is 3. The second-order valence-corrected chi connectivity index (χ2v) is 9.81. The normalized spacial score (nSPS) is 11.8. The van der Waals surface area contributed by atoms with Gasteiger partial charge in [0.1, 0.15) is 17.5 Å². The smallest absolute Gasteiger partial charge is 0.226 e. The highest BCUT2D eigenvalue weighted by molar-refractivity contribution is 5.92. The molecule has 0 saturated carbocycles. The van der Waals surface area contributed by atoms with Crippen LogP contribution in [0, 0.1) is 19.7 Å². The molecule has 0 radical (unpaired) electrons. The summed E-state index contributed by atoms with van der Waals surface area (Å²) >= 11 is 0. The average Bonchev–Trinajstić information content (AvgIpc) is 2.89. The van der Waals surface area contributed by atoms with E-state index in [-0.39, 0.29) is 18.1 Å². The maximum Gasteiger partial charge on any atom is 0.226 e. The average molecular weight is 532 g/mol. The third-order valence-corrected chi connectivity index (χ3v) is 6.64. The van der Waals surface area contributed by atoms with Gasteiger partial charge in [-0.15, -0.1) is 0 Å². The van der Waals surface area contributed by atoms with Crippen molar-refractivity contribution in [1.29, 1.82) is 0 Å². The Labute approximate surface area is 227 Å². The molecular formula is C29H34FN7O2. The maximum atomic E-state index is 14.9. The minimum atomic E-state index is -0.395. The fourth-order valence-electron chi connectivity index (χ4n) is 4.42. The van der Waals surface area contributed by atoms with Crippen molar-refractivity contribution < 1.29 is 13.9 Å². The van der Waals surface area contributed by atoms with Gasteiger partial charge in [-0.3, -0.25) is 4.79 Å². The number of halogens is 1. The molecule has 2 aromatic heterocycles. The van der Waals surface area contributed by atoms with Gasteiger partial charge in [-0.25, -0.2) is 19.3 Å². The predicted octanol–water partition coefficient (Wildman–Crippen LogP) is 4.94. The number of amides is 1. The van der Waals surface area contributed by atoms with E-state index < -0.39 is 6.04 Å². The number of nitrogen functional groups attached to an aromatic ring is 1. The van der Waals surface area contributed by atoms with E-state index in [9.17, 15) is 9.18 Å². The van der Waals surface area contributed by atoms with Gasteiger partial charge >= 0.3 is 0 Å². The zero-order valence-electron chi connectivity index (χ0n) is 23.3. The van der Waals surface area contributed by atoms with E-state index in [0.717, 1.165) is 22.3 Å². The van der Waals surface area contributed by atoms with Crippen LogP contribution >= 0.6 is 0 Å². The molecular weight excluding hydrogens is 497 g/mol. The molecule has 0 aliphatic rings. The van der Waals surface area contributed by atoms with Crippen LogP contribution in [-0.4, -0.2) is 54.0 Å². The topological polar surface area (TPSA) is 109 Å². The first kappa shape index (κ1) is 27.6. The molecule has 2 heterocycles. The third kappa shape index (κ3) is 5.84. The van der Waals surface area contributed by atoms with Crippen molar-refractivity contribution >= 4 is 39.7 Å². The number of pyridine rings is 1. The molecule has 0 bridgehead atoms. The number of aryl methyl sites for hydroxylation is 2. The summed E-state index contributed by atoms with van der Waals surface area (Å²) in [6.45, 7) is 5.39. The summed E-state index contributed by atoms with van der Waals surface area (Å²) in [5, 5.41) is 4.14. The van der Waals surface area contributed by atoms with Gasteiger partial charge in [0, 0.05) is 49.0 Å². The van der Waals surface area contributed by atoms with Crippen LogP contribution in [0.25, 0.3) is 10.9 Å². The Bertz CT molecular complexity index is 1540. The lowest BCUT2D eigenvalue weighted by atomic mass is 10.0. The molecule has 1 amide bonds. The Morgan fingerprint density at radius 1 is 1.10 bits per heavy atom. The van der Waals surface area contributed by atoms with Crippen LogP contribution in [0.5, 0.6) is 5.88 Å². The van der Waals surface area contributed by atoms with E-state index >= 15 is 0 Å². The Hall–Kier alpha value is -4.47. The second kappa shape index (κ2) is 11.1. The van der Waals surface area contributed by atoms with Crippen LogP contribution in [0.3, 0.4) is 0 Å². The fraction of sp³-hybridized carbons (Fsp3) is 0.310. The van der Waals surface area contributed by atoms with Crippen LogP contribution in [-0.2, 0) is 11.2 Å². The van der Waals surface area contributed by atoms with Crippen molar-refractivity contribution in [2.75, 3.05) is 44.2 Å². The number of carbonyl (C=O) groups is 1. The number of carbonyl (C=O) groups excluding carboxylic acids is 1. The molecule has 39 heavy (non-hydrogen) atoms. The molecule has 0 fully saturated rings. The second-order valence-electron chi connectivity index (χ2n) is 9.81. The Kier molecular flexibility index (Phi) is 7.85. The number of anilines is 4. The van der Waals surface area contributed by atoms with Crippen molar-refractivity contribution in [2.24, 2.45) is 0 Å². The first-order valence-corrected chi connectivity index (χ1v) is 12.6. The van der Waals surface area contributed by atoms with E-state index in [0.29, 0.717) is 39.9 Å². The monoisotopic (exact) mass is 531 g/mol. The molecule has 0 aliphatic carbocycles. The van der Waals surface area contributed by atoms with Crippen LogP contribution in [0.2, 0.25) is 0 Å². The lowest BCUT2D eigenvalue weighted by Crippen LogP contribution is -2.24. The molecule has 10 heteroatoms. The van der Waals surface area contributed by atoms with Gasteiger partial charge in [0.2, 0.25) is 11.8 Å². The van der Waals surface area contributed by atoms with Crippen molar-refractivity contribution in [3.05, 3.63) is 70.9 Å². The number of fused-ring (bicyclic) bond motifs is 1. The van der Waals surface area contributed by atoms with Gasteiger partial charge in [0.25, 0.3) is 0 Å². The van der Waals surface area contributed by atoms with Crippen LogP contribution in [0.1, 0.15) is 35.5 Å². The third-order valence-electron chi connectivity index (χ3n) is 6.64. The number of methoxy groups -OCH3 is 1. The van der Waals surface area contributed by atoms with E-state index in [2.05, 4.69) is 20.3 Å². The van der Waals surface area contributed by atoms with E-state index in [1.165, 1.54) is 12.0 Å². The van der Waals surface area contributed by atoms with Gasteiger partial charge in [-0.05, 0) is 62.7 Å². The van der Waals surface area contributed by atoms with Crippen LogP contribution < -0.4 is 20.7 Å². The highest BCUT2D eigenvalue weighted by Gasteiger charge is 2.18. The largest absolute Gasteiger partial charge is 0.481 e. The standard InChI is InChI=1S/C29H34FN7O2/c1-16-10-20(31)13-23(27(16)30)17(2)33-28-24-14-21(8-9-25(24)34-18(3)35-28)37(6)22-11-19(12-26(38)36(4)5)29(39-7)32-15-22/h8-11,13-15,17H,12,31H2,1-7H3,(H,33,34,35)/t17-/m1/s1. The molecule has 1 atom stereocenters. The first-order valence-electron chi connectivity index (χ1n) is 12.6. The van der Waals surface area contributed by atoms with Crippen LogP contribution in [0.4, 0.5) is 27.3 Å². The van der Waals surface area contributed by atoms with E-state index in [1.54, 1.807) is 39.3 Å². The summed E-state index contributed by atoms with van der Waals surface area (Å²) in [5.74, 6) is 1.25. The molecule has 0 unspecified atom stereocenters. The van der Waals surface area contributed by atoms with Crippen LogP contribution in [0.15, 0.2) is 42.6 Å². The molecule has 4 aromatic rings. The predicted molar refractivity (Wildman–Crippen MR) is 153 cm³/mol. The van der Waals surface area contributed by atoms with Gasteiger partial charge in [-0.2, -0.15) is 0 Å². The molecule has 204 valence electrons.